The van der Waals surface area contributed by atoms with Crippen molar-refractivity contribution in [2.75, 3.05) is 0 Å². The summed E-state index contributed by atoms with van der Waals surface area (Å²) in [5, 5.41) is 33.3. The first kappa shape index (κ1) is 25.4. The summed E-state index contributed by atoms with van der Waals surface area (Å²) in [5.74, 6) is 1.76. The van der Waals surface area contributed by atoms with Crippen LogP contribution in [0.25, 0.3) is 0 Å². The quantitative estimate of drug-likeness (QED) is 0.525. The van der Waals surface area contributed by atoms with Crippen molar-refractivity contribution in [2.24, 2.45) is 46.3 Å². The summed E-state index contributed by atoms with van der Waals surface area (Å²) in [6.45, 7) is 12.6. The van der Waals surface area contributed by atoms with Gasteiger partial charge in [-0.15, -0.1) is 0 Å². The predicted octanol–water partition coefficient (Wildman–Crippen LogP) is 4.71. The molecule has 4 saturated carbocycles. The zero-order chi connectivity index (χ0) is 24.3. The molecule has 4 aliphatic rings. The lowest BCUT2D eigenvalue weighted by molar-refractivity contribution is -0.207. The van der Waals surface area contributed by atoms with Crippen LogP contribution in [0.5, 0.6) is 0 Å². The van der Waals surface area contributed by atoms with Gasteiger partial charge in [0.15, 0.2) is 0 Å². The van der Waals surface area contributed by atoms with Crippen LogP contribution in [0.3, 0.4) is 0 Å². The molecule has 0 aromatic carbocycles. The second-order valence-electron chi connectivity index (χ2n) is 13.6. The minimum atomic E-state index is -0.459. The summed E-state index contributed by atoms with van der Waals surface area (Å²) >= 11 is 0. The van der Waals surface area contributed by atoms with Crippen molar-refractivity contribution >= 4 is 5.97 Å². The molecular weight excluding hydrogens is 416 g/mol. The van der Waals surface area contributed by atoms with E-state index in [1.807, 2.05) is 20.8 Å². The molecule has 190 valence electrons. The Kier molecular flexibility index (Phi) is 6.77. The maximum absolute atomic E-state index is 12.3. The summed E-state index contributed by atoms with van der Waals surface area (Å²) in [6.07, 6.45) is 6.52. The Labute approximate surface area is 200 Å². The number of carbonyl (C=O) groups is 1. The number of ether oxygens (including phenoxy) is 1. The van der Waals surface area contributed by atoms with Gasteiger partial charge in [0.05, 0.1) is 18.3 Å². The first-order chi connectivity index (χ1) is 15.3. The zero-order valence-corrected chi connectivity index (χ0v) is 21.7. The number of aliphatic hydroxyl groups excluding tert-OH is 3. The third-order valence-electron chi connectivity index (χ3n) is 10.7. The number of hydrogen-bond donors (Lipinski definition) is 3. The molecule has 11 unspecified atom stereocenters. The molecular formula is C28H48O5. The molecule has 4 fully saturated rings. The molecule has 0 saturated heterocycles. The Balaban J connectivity index is 1.50. The number of carbonyl (C=O) groups excluding carboxylic acids is 1. The molecule has 0 heterocycles. The first-order valence-corrected chi connectivity index (χ1v) is 13.5. The number of esters is 1. The highest BCUT2D eigenvalue weighted by atomic mass is 16.6. The molecule has 0 amide bonds. The van der Waals surface area contributed by atoms with Crippen molar-refractivity contribution in [3.63, 3.8) is 0 Å². The van der Waals surface area contributed by atoms with Crippen LogP contribution in [-0.2, 0) is 9.53 Å². The van der Waals surface area contributed by atoms with E-state index in [0.717, 1.165) is 51.4 Å². The summed E-state index contributed by atoms with van der Waals surface area (Å²) in [6, 6.07) is 0. The lowest BCUT2D eigenvalue weighted by Crippen LogP contribution is -2.62. The highest BCUT2D eigenvalue weighted by molar-refractivity contribution is 5.69. The molecule has 4 rings (SSSR count). The van der Waals surface area contributed by atoms with Crippen molar-refractivity contribution < 1.29 is 24.9 Å². The van der Waals surface area contributed by atoms with E-state index in [1.54, 1.807) is 0 Å². The predicted molar refractivity (Wildman–Crippen MR) is 128 cm³/mol. The van der Waals surface area contributed by atoms with E-state index in [2.05, 4.69) is 20.8 Å². The molecule has 5 heteroatoms. The van der Waals surface area contributed by atoms with Crippen LogP contribution in [0.1, 0.15) is 99.3 Å². The number of hydrogen-bond acceptors (Lipinski definition) is 5. The van der Waals surface area contributed by atoms with Gasteiger partial charge >= 0.3 is 5.97 Å². The average Bonchev–Trinajstić information content (AvgIpc) is 3.06. The summed E-state index contributed by atoms with van der Waals surface area (Å²) in [4.78, 5) is 12.3. The zero-order valence-electron chi connectivity index (χ0n) is 21.7. The van der Waals surface area contributed by atoms with Crippen molar-refractivity contribution in [1.29, 1.82) is 0 Å². The van der Waals surface area contributed by atoms with Crippen molar-refractivity contribution in [2.45, 2.75) is 123 Å². The summed E-state index contributed by atoms with van der Waals surface area (Å²) in [7, 11) is 0. The van der Waals surface area contributed by atoms with Crippen LogP contribution < -0.4 is 0 Å². The third-order valence-corrected chi connectivity index (χ3v) is 10.7. The van der Waals surface area contributed by atoms with Crippen LogP contribution in [0.4, 0.5) is 0 Å². The lowest BCUT2D eigenvalue weighted by atomic mass is 9.43. The second kappa shape index (κ2) is 8.78. The normalized spacial score (nSPS) is 48.4. The fourth-order valence-corrected chi connectivity index (χ4v) is 9.07. The molecule has 5 nitrogen and oxygen atoms in total. The van der Waals surface area contributed by atoms with Crippen LogP contribution in [0, 0.1) is 46.3 Å². The van der Waals surface area contributed by atoms with Gasteiger partial charge < -0.3 is 20.1 Å². The maximum atomic E-state index is 12.3. The van der Waals surface area contributed by atoms with Gasteiger partial charge in [0, 0.05) is 6.42 Å². The Morgan fingerprint density at radius 2 is 1.73 bits per heavy atom. The van der Waals surface area contributed by atoms with Crippen molar-refractivity contribution in [3.8, 4) is 0 Å². The van der Waals surface area contributed by atoms with Gasteiger partial charge in [0.1, 0.15) is 5.60 Å². The Morgan fingerprint density at radius 3 is 2.39 bits per heavy atom. The minimum absolute atomic E-state index is 0.103. The van der Waals surface area contributed by atoms with E-state index in [4.69, 9.17) is 4.74 Å². The summed E-state index contributed by atoms with van der Waals surface area (Å²) in [5.41, 5.74) is -0.571. The van der Waals surface area contributed by atoms with Gasteiger partial charge in [0.2, 0.25) is 0 Å². The highest BCUT2D eigenvalue weighted by Gasteiger charge is 2.65. The molecule has 33 heavy (non-hydrogen) atoms. The fraction of sp³-hybridized carbons (Fsp3) is 0.964. The van der Waals surface area contributed by atoms with Crippen molar-refractivity contribution in [3.05, 3.63) is 0 Å². The second-order valence-corrected chi connectivity index (χ2v) is 13.6. The topological polar surface area (TPSA) is 87.0 Å². The SMILES string of the molecule is CC(CCC(=O)OC(C)(C)C)C1CCC2C3C(O)CC4CC(O)CCC4(C)C3CC(O)C12C. The highest BCUT2D eigenvalue weighted by Crippen LogP contribution is 2.68. The third kappa shape index (κ3) is 4.40. The number of rotatable bonds is 4. The number of fused-ring (bicyclic) bond motifs is 5. The van der Waals surface area contributed by atoms with E-state index in [-0.39, 0.29) is 41.0 Å². The van der Waals surface area contributed by atoms with Crippen molar-refractivity contribution in [1.82, 2.24) is 0 Å². The summed E-state index contributed by atoms with van der Waals surface area (Å²) < 4.78 is 5.52. The average molecular weight is 465 g/mol. The molecule has 11 atom stereocenters. The maximum Gasteiger partial charge on any atom is 0.306 e. The molecule has 0 aromatic rings. The first-order valence-electron chi connectivity index (χ1n) is 13.5. The van der Waals surface area contributed by atoms with Gasteiger partial charge in [-0.2, -0.15) is 0 Å². The van der Waals surface area contributed by atoms with E-state index < -0.39 is 5.60 Å². The number of aliphatic hydroxyl groups is 3. The van der Waals surface area contributed by atoms with Gasteiger partial charge in [-0.3, -0.25) is 4.79 Å². The van der Waals surface area contributed by atoms with Crippen LogP contribution in [-0.4, -0.2) is 45.2 Å². The molecule has 3 N–H and O–H groups in total. The van der Waals surface area contributed by atoms with Crippen LogP contribution in [0.15, 0.2) is 0 Å². The Morgan fingerprint density at radius 1 is 1.03 bits per heavy atom. The molecule has 0 spiro atoms. The lowest BCUT2D eigenvalue weighted by Gasteiger charge is -2.63. The van der Waals surface area contributed by atoms with Crippen LogP contribution in [0.2, 0.25) is 0 Å². The minimum Gasteiger partial charge on any atom is -0.460 e. The smallest absolute Gasteiger partial charge is 0.306 e. The van der Waals surface area contributed by atoms with Gasteiger partial charge in [-0.05, 0) is 118 Å². The largest absolute Gasteiger partial charge is 0.460 e. The Bertz CT molecular complexity index is 730. The standard InChI is InChI=1S/C28H48O5/c1-16(7-10-24(32)33-26(2,3)4)19-8-9-20-25-21(15-23(31)28(19,20)6)27(5)12-11-18(29)13-17(27)14-22(25)30/h16-23,25,29-31H,7-15H2,1-6H3. The molecule has 4 aliphatic carbocycles. The van der Waals surface area contributed by atoms with Crippen LogP contribution >= 0.6 is 0 Å². The van der Waals surface area contributed by atoms with E-state index >= 15 is 0 Å². The fourth-order valence-electron chi connectivity index (χ4n) is 9.07. The molecule has 0 radical (unpaired) electrons. The van der Waals surface area contributed by atoms with Gasteiger partial charge in [-0.25, -0.2) is 0 Å². The van der Waals surface area contributed by atoms with Gasteiger partial charge in [0.25, 0.3) is 0 Å². The Hall–Kier alpha value is -0.650. The van der Waals surface area contributed by atoms with E-state index in [1.165, 1.54) is 0 Å². The molecule has 0 aliphatic heterocycles. The molecule has 0 aromatic heterocycles. The van der Waals surface area contributed by atoms with E-state index in [9.17, 15) is 20.1 Å². The molecule has 0 bridgehead atoms. The monoisotopic (exact) mass is 464 g/mol. The van der Waals surface area contributed by atoms with E-state index in [0.29, 0.717) is 36.0 Å². The van der Waals surface area contributed by atoms with Gasteiger partial charge in [-0.1, -0.05) is 20.8 Å².